The van der Waals surface area contributed by atoms with Crippen molar-refractivity contribution in [1.29, 1.82) is 0 Å². The molecule has 7 nitrogen and oxygen atoms in total. The molecule has 2 amide bonds. The Hall–Kier alpha value is -2.28. The number of amides is 2. The number of carbonyl (C=O) groups excluding carboxylic acids is 3. The normalized spacial score (nSPS) is 17.3. The zero-order valence-corrected chi connectivity index (χ0v) is 14.1. The summed E-state index contributed by atoms with van der Waals surface area (Å²) in [4.78, 5) is 38.7. The average molecular weight is 355 g/mol. The maximum absolute atomic E-state index is 12.3. The summed E-state index contributed by atoms with van der Waals surface area (Å²) in [5.74, 6) is -1.06. The van der Waals surface area contributed by atoms with Crippen molar-refractivity contribution in [3.05, 3.63) is 35.9 Å². The molecule has 1 aromatic rings. The fourth-order valence-electron chi connectivity index (χ4n) is 2.45. The number of rotatable bonds is 4. The van der Waals surface area contributed by atoms with Gasteiger partial charge in [0, 0.05) is 13.1 Å². The summed E-state index contributed by atoms with van der Waals surface area (Å²) in [6, 6.07) is 8.32. The van der Waals surface area contributed by atoms with Crippen LogP contribution in [0.1, 0.15) is 5.56 Å². The molecule has 2 rings (SSSR count). The molecule has 0 spiro atoms. The first kappa shape index (κ1) is 18.1. The predicted molar refractivity (Wildman–Crippen MR) is 86.4 cm³/mol. The van der Waals surface area contributed by atoms with Crippen LogP contribution in [-0.4, -0.2) is 66.4 Å². The van der Waals surface area contributed by atoms with Gasteiger partial charge in [-0.15, -0.1) is 11.6 Å². The van der Waals surface area contributed by atoms with Gasteiger partial charge in [0.15, 0.2) is 6.04 Å². The van der Waals surface area contributed by atoms with Crippen molar-refractivity contribution in [2.24, 2.45) is 0 Å². The maximum Gasteiger partial charge on any atom is 0.410 e. The summed E-state index contributed by atoms with van der Waals surface area (Å²) in [7, 11) is 1.23. The Morgan fingerprint density at radius 2 is 1.92 bits per heavy atom. The van der Waals surface area contributed by atoms with E-state index in [2.05, 4.69) is 0 Å². The lowest BCUT2D eigenvalue weighted by atomic mass is 10.1. The van der Waals surface area contributed by atoms with Crippen molar-refractivity contribution in [3.63, 3.8) is 0 Å². The minimum Gasteiger partial charge on any atom is -0.467 e. The van der Waals surface area contributed by atoms with E-state index in [1.807, 2.05) is 30.3 Å². The van der Waals surface area contributed by atoms with Crippen molar-refractivity contribution in [2.45, 2.75) is 12.6 Å². The van der Waals surface area contributed by atoms with Crippen LogP contribution in [0.3, 0.4) is 0 Å². The fourth-order valence-corrected chi connectivity index (χ4v) is 2.62. The van der Waals surface area contributed by atoms with Crippen molar-refractivity contribution in [2.75, 3.05) is 32.6 Å². The van der Waals surface area contributed by atoms with Crippen molar-refractivity contribution in [3.8, 4) is 0 Å². The molecular formula is C16H19ClN2O5. The van der Waals surface area contributed by atoms with Gasteiger partial charge in [-0.25, -0.2) is 9.59 Å². The molecule has 8 heteroatoms. The van der Waals surface area contributed by atoms with Crippen LogP contribution in [-0.2, 0) is 25.7 Å². The highest BCUT2D eigenvalue weighted by Gasteiger charge is 2.38. The van der Waals surface area contributed by atoms with Crippen LogP contribution in [0, 0.1) is 0 Å². The Morgan fingerprint density at radius 3 is 2.54 bits per heavy atom. The third kappa shape index (κ3) is 4.38. The van der Waals surface area contributed by atoms with E-state index in [9.17, 15) is 14.4 Å². The molecule has 1 aromatic carbocycles. The molecule has 0 aliphatic carbocycles. The van der Waals surface area contributed by atoms with Crippen LogP contribution in [0.5, 0.6) is 0 Å². The first-order chi connectivity index (χ1) is 11.6. The van der Waals surface area contributed by atoms with E-state index in [4.69, 9.17) is 21.1 Å². The van der Waals surface area contributed by atoms with Gasteiger partial charge in [0.2, 0.25) is 5.91 Å². The molecule has 0 radical (unpaired) electrons. The second-order valence-corrected chi connectivity index (χ2v) is 5.51. The molecule has 24 heavy (non-hydrogen) atoms. The standard InChI is InChI=1S/C16H19ClN2O5/c1-23-15(21)13-10-18(14(20)9-17)7-8-19(13)16(22)24-11-12-5-3-2-4-6-12/h2-6,13H,7-11H2,1H3/t13-/m0/s1. The van der Waals surface area contributed by atoms with Crippen LogP contribution in [0.2, 0.25) is 0 Å². The van der Waals surface area contributed by atoms with E-state index in [0.717, 1.165) is 5.56 Å². The van der Waals surface area contributed by atoms with Gasteiger partial charge in [0.25, 0.3) is 0 Å². The van der Waals surface area contributed by atoms with Crippen LogP contribution >= 0.6 is 11.6 Å². The highest BCUT2D eigenvalue weighted by molar-refractivity contribution is 6.27. The van der Waals surface area contributed by atoms with Crippen molar-refractivity contribution < 1.29 is 23.9 Å². The zero-order valence-electron chi connectivity index (χ0n) is 13.3. The highest BCUT2D eigenvalue weighted by Crippen LogP contribution is 2.14. The lowest BCUT2D eigenvalue weighted by Crippen LogP contribution is -2.59. The number of methoxy groups -OCH3 is 1. The predicted octanol–water partition coefficient (Wildman–Crippen LogP) is 1.25. The number of carbonyl (C=O) groups is 3. The van der Waals surface area contributed by atoms with E-state index in [1.54, 1.807) is 0 Å². The SMILES string of the molecule is COC(=O)[C@@H]1CN(C(=O)CCl)CCN1C(=O)OCc1ccccc1. The molecule has 0 unspecified atom stereocenters. The van der Waals surface area contributed by atoms with Crippen LogP contribution in [0.25, 0.3) is 0 Å². The number of hydrogen-bond acceptors (Lipinski definition) is 5. The Morgan fingerprint density at radius 1 is 1.21 bits per heavy atom. The minimum absolute atomic E-state index is 0.0403. The van der Waals surface area contributed by atoms with E-state index in [-0.39, 0.29) is 31.5 Å². The Labute approximate surface area is 145 Å². The molecule has 1 aliphatic heterocycles. The first-order valence-corrected chi connectivity index (χ1v) is 7.99. The van der Waals surface area contributed by atoms with Gasteiger partial charge in [-0.2, -0.15) is 0 Å². The molecule has 1 saturated heterocycles. The van der Waals surface area contributed by atoms with Crippen LogP contribution in [0.4, 0.5) is 4.79 Å². The second kappa shape index (κ2) is 8.54. The van der Waals surface area contributed by atoms with Gasteiger partial charge < -0.3 is 14.4 Å². The number of esters is 1. The van der Waals surface area contributed by atoms with E-state index >= 15 is 0 Å². The summed E-state index contributed by atoms with van der Waals surface area (Å²) in [6.07, 6.45) is -0.618. The lowest BCUT2D eigenvalue weighted by Gasteiger charge is -2.38. The minimum atomic E-state index is -0.904. The number of nitrogens with zero attached hydrogens (tertiary/aromatic N) is 2. The Balaban J connectivity index is 2.02. The third-order valence-electron chi connectivity index (χ3n) is 3.76. The van der Waals surface area contributed by atoms with Gasteiger partial charge >= 0.3 is 12.1 Å². The van der Waals surface area contributed by atoms with Gasteiger partial charge in [-0.1, -0.05) is 30.3 Å². The second-order valence-electron chi connectivity index (χ2n) is 5.25. The van der Waals surface area contributed by atoms with Crippen molar-refractivity contribution >= 4 is 29.6 Å². The maximum atomic E-state index is 12.3. The van der Waals surface area contributed by atoms with Crippen molar-refractivity contribution in [1.82, 2.24) is 9.80 Å². The molecular weight excluding hydrogens is 336 g/mol. The molecule has 0 N–H and O–H groups in total. The largest absolute Gasteiger partial charge is 0.467 e. The molecule has 130 valence electrons. The molecule has 0 bridgehead atoms. The molecule has 1 atom stereocenters. The van der Waals surface area contributed by atoms with Gasteiger partial charge in [-0.3, -0.25) is 9.69 Å². The molecule has 1 fully saturated rings. The summed E-state index contributed by atoms with van der Waals surface area (Å²) >= 11 is 5.55. The monoisotopic (exact) mass is 354 g/mol. The van der Waals surface area contributed by atoms with Crippen LogP contribution in [0.15, 0.2) is 30.3 Å². The highest BCUT2D eigenvalue weighted by atomic mass is 35.5. The zero-order chi connectivity index (χ0) is 17.5. The smallest absolute Gasteiger partial charge is 0.410 e. The Kier molecular flexibility index (Phi) is 6.43. The summed E-state index contributed by atoms with van der Waals surface area (Å²) in [5, 5.41) is 0. The molecule has 0 aromatic heterocycles. The number of halogens is 1. The Bertz CT molecular complexity index is 595. The number of alkyl halides is 1. The van der Waals surface area contributed by atoms with Crippen LogP contribution < -0.4 is 0 Å². The number of piperazine rings is 1. The average Bonchev–Trinajstić information content (AvgIpc) is 2.65. The molecule has 1 heterocycles. The van der Waals surface area contributed by atoms with Gasteiger partial charge in [-0.05, 0) is 5.56 Å². The molecule has 0 saturated carbocycles. The topological polar surface area (TPSA) is 76.2 Å². The third-order valence-corrected chi connectivity index (χ3v) is 3.99. The van der Waals surface area contributed by atoms with Gasteiger partial charge in [0.05, 0.1) is 13.7 Å². The summed E-state index contributed by atoms with van der Waals surface area (Å²) in [5.41, 5.74) is 0.844. The quantitative estimate of drug-likeness (QED) is 0.601. The number of ether oxygens (including phenoxy) is 2. The van der Waals surface area contributed by atoms with Gasteiger partial charge in [0.1, 0.15) is 12.5 Å². The van der Waals surface area contributed by atoms with E-state index in [1.165, 1.54) is 16.9 Å². The number of benzene rings is 1. The summed E-state index contributed by atoms with van der Waals surface area (Å²) < 4.78 is 10.00. The van der Waals surface area contributed by atoms with E-state index in [0.29, 0.717) is 6.54 Å². The van der Waals surface area contributed by atoms with E-state index < -0.39 is 18.1 Å². The summed E-state index contributed by atoms with van der Waals surface area (Å²) in [6.45, 7) is 0.614. The number of hydrogen-bond donors (Lipinski definition) is 0. The fraction of sp³-hybridized carbons (Fsp3) is 0.438. The lowest BCUT2D eigenvalue weighted by molar-refractivity contribution is -0.150. The molecule has 1 aliphatic rings. The first-order valence-electron chi connectivity index (χ1n) is 7.45.